The highest BCUT2D eigenvalue weighted by Crippen LogP contribution is 2.06. The SMILES string of the molecule is O=C(CN1CCN(C(=O)CCl)CC1)c1ccco1. The van der Waals surface area contributed by atoms with Crippen LogP contribution >= 0.6 is 11.6 Å². The largest absolute Gasteiger partial charge is 0.461 e. The van der Waals surface area contributed by atoms with E-state index in [-0.39, 0.29) is 17.6 Å². The molecule has 0 saturated carbocycles. The maximum Gasteiger partial charge on any atom is 0.237 e. The second-order valence-electron chi connectivity index (χ2n) is 4.19. The average molecular weight is 271 g/mol. The van der Waals surface area contributed by atoms with Crippen LogP contribution in [0.3, 0.4) is 0 Å². The zero-order valence-corrected chi connectivity index (χ0v) is 10.7. The van der Waals surface area contributed by atoms with Gasteiger partial charge in [-0.05, 0) is 12.1 Å². The highest BCUT2D eigenvalue weighted by atomic mass is 35.5. The number of rotatable bonds is 4. The summed E-state index contributed by atoms with van der Waals surface area (Å²) in [6.45, 7) is 2.95. The Morgan fingerprint density at radius 2 is 2.00 bits per heavy atom. The van der Waals surface area contributed by atoms with E-state index < -0.39 is 0 Å². The van der Waals surface area contributed by atoms with E-state index in [0.717, 1.165) is 0 Å². The predicted octanol–water partition coefficient (Wildman–Crippen LogP) is 0.845. The number of hydrogen-bond acceptors (Lipinski definition) is 4. The maximum atomic E-state index is 11.8. The quantitative estimate of drug-likeness (QED) is 0.601. The molecule has 1 aliphatic rings. The summed E-state index contributed by atoms with van der Waals surface area (Å²) in [5.74, 6) is 0.325. The molecule has 98 valence electrons. The number of carbonyl (C=O) groups excluding carboxylic acids is 2. The Hall–Kier alpha value is -1.33. The van der Waals surface area contributed by atoms with Crippen LogP contribution < -0.4 is 0 Å². The number of piperazine rings is 1. The molecule has 1 amide bonds. The van der Waals surface area contributed by atoms with Crippen LogP contribution in [0.15, 0.2) is 22.8 Å². The van der Waals surface area contributed by atoms with Crippen molar-refractivity contribution >= 4 is 23.3 Å². The molecule has 0 unspecified atom stereocenters. The van der Waals surface area contributed by atoms with Crippen molar-refractivity contribution in [2.45, 2.75) is 0 Å². The fourth-order valence-electron chi connectivity index (χ4n) is 1.96. The number of carbonyl (C=O) groups is 2. The summed E-state index contributed by atoms with van der Waals surface area (Å²) in [5.41, 5.74) is 0. The molecular weight excluding hydrogens is 256 g/mol. The van der Waals surface area contributed by atoms with Crippen molar-refractivity contribution in [1.82, 2.24) is 9.80 Å². The van der Waals surface area contributed by atoms with Crippen LogP contribution in [0, 0.1) is 0 Å². The number of ketones is 1. The molecule has 0 aliphatic carbocycles. The Balaban J connectivity index is 1.80. The van der Waals surface area contributed by atoms with E-state index >= 15 is 0 Å². The molecule has 1 aromatic heterocycles. The minimum atomic E-state index is -0.0475. The molecule has 2 rings (SSSR count). The monoisotopic (exact) mass is 270 g/mol. The number of amides is 1. The Morgan fingerprint density at radius 1 is 1.28 bits per heavy atom. The van der Waals surface area contributed by atoms with Crippen LogP contribution in [-0.2, 0) is 4.79 Å². The molecule has 0 spiro atoms. The molecule has 2 heterocycles. The normalized spacial score (nSPS) is 16.8. The van der Waals surface area contributed by atoms with Crippen LogP contribution in [0.25, 0.3) is 0 Å². The first-order chi connectivity index (χ1) is 8.70. The minimum absolute atomic E-state index is 0.0192. The summed E-state index contributed by atoms with van der Waals surface area (Å²) in [5, 5.41) is 0. The van der Waals surface area contributed by atoms with Crippen LogP contribution in [0.4, 0.5) is 0 Å². The van der Waals surface area contributed by atoms with Gasteiger partial charge in [0, 0.05) is 26.2 Å². The van der Waals surface area contributed by atoms with Crippen molar-refractivity contribution in [1.29, 1.82) is 0 Å². The molecule has 18 heavy (non-hydrogen) atoms. The summed E-state index contributed by atoms with van der Waals surface area (Å²) in [6, 6.07) is 3.36. The number of alkyl halides is 1. The van der Waals surface area contributed by atoms with Gasteiger partial charge in [-0.1, -0.05) is 0 Å². The van der Waals surface area contributed by atoms with Gasteiger partial charge in [-0.3, -0.25) is 14.5 Å². The van der Waals surface area contributed by atoms with E-state index in [9.17, 15) is 9.59 Å². The van der Waals surface area contributed by atoms with Gasteiger partial charge in [-0.25, -0.2) is 0 Å². The van der Waals surface area contributed by atoms with E-state index in [1.54, 1.807) is 17.0 Å². The van der Waals surface area contributed by atoms with Gasteiger partial charge in [-0.2, -0.15) is 0 Å². The van der Waals surface area contributed by atoms with E-state index in [1.807, 2.05) is 4.90 Å². The molecule has 6 heteroatoms. The number of furan rings is 1. The average Bonchev–Trinajstić information content (AvgIpc) is 2.92. The third-order valence-electron chi connectivity index (χ3n) is 3.00. The lowest BCUT2D eigenvalue weighted by atomic mass is 10.2. The molecule has 0 radical (unpaired) electrons. The molecule has 0 atom stereocenters. The molecule has 0 N–H and O–H groups in total. The van der Waals surface area contributed by atoms with Gasteiger partial charge in [0.2, 0.25) is 11.7 Å². The minimum Gasteiger partial charge on any atom is -0.461 e. The van der Waals surface area contributed by atoms with Gasteiger partial charge in [0.05, 0.1) is 12.8 Å². The molecular formula is C12H15ClN2O3. The molecule has 1 saturated heterocycles. The highest BCUT2D eigenvalue weighted by molar-refractivity contribution is 6.27. The van der Waals surface area contributed by atoms with Crippen molar-refractivity contribution in [2.24, 2.45) is 0 Å². The van der Waals surface area contributed by atoms with Gasteiger partial charge >= 0.3 is 0 Å². The Morgan fingerprint density at radius 3 is 2.56 bits per heavy atom. The van der Waals surface area contributed by atoms with E-state index in [0.29, 0.717) is 38.5 Å². The zero-order valence-electron chi connectivity index (χ0n) is 9.97. The summed E-state index contributed by atoms with van der Waals surface area (Å²) in [6.07, 6.45) is 1.49. The van der Waals surface area contributed by atoms with Crippen LogP contribution in [-0.4, -0.2) is 60.1 Å². The Bertz CT molecular complexity index is 411. The van der Waals surface area contributed by atoms with Gasteiger partial charge in [0.15, 0.2) is 5.76 Å². The maximum absolute atomic E-state index is 11.8. The van der Waals surface area contributed by atoms with E-state index in [1.165, 1.54) is 6.26 Å². The number of Topliss-reactive ketones (excluding diaryl/α,β-unsaturated/α-hetero) is 1. The van der Waals surface area contributed by atoms with Crippen molar-refractivity contribution in [3.05, 3.63) is 24.2 Å². The summed E-state index contributed by atoms with van der Waals surface area (Å²) in [4.78, 5) is 26.9. The summed E-state index contributed by atoms with van der Waals surface area (Å²) < 4.78 is 5.06. The summed E-state index contributed by atoms with van der Waals surface area (Å²) in [7, 11) is 0. The number of nitrogens with zero attached hydrogens (tertiary/aromatic N) is 2. The van der Waals surface area contributed by atoms with Crippen molar-refractivity contribution < 1.29 is 14.0 Å². The van der Waals surface area contributed by atoms with Crippen LogP contribution in [0.1, 0.15) is 10.6 Å². The lowest BCUT2D eigenvalue weighted by Gasteiger charge is -2.33. The second kappa shape index (κ2) is 6.02. The van der Waals surface area contributed by atoms with Crippen LogP contribution in [0.5, 0.6) is 0 Å². The molecule has 0 bridgehead atoms. The molecule has 1 aliphatic heterocycles. The molecule has 1 aromatic rings. The first-order valence-corrected chi connectivity index (χ1v) is 6.37. The van der Waals surface area contributed by atoms with Gasteiger partial charge in [0.25, 0.3) is 0 Å². The van der Waals surface area contributed by atoms with Crippen LogP contribution in [0.2, 0.25) is 0 Å². The van der Waals surface area contributed by atoms with Crippen molar-refractivity contribution in [2.75, 3.05) is 38.6 Å². The van der Waals surface area contributed by atoms with E-state index in [2.05, 4.69) is 0 Å². The smallest absolute Gasteiger partial charge is 0.237 e. The predicted molar refractivity (Wildman–Crippen MR) is 66.8 cm³/mol. The Kier molecular flexibility index (Phi) is 4.38. The third-order valence-corrected chi connectivity index (χ3v) is 3.23. The fourth-order valence-corrected chi connectivity index (χ4v) is 2.13. The first kappa shape index (κ1) is 13.1. The fraction of sp³-hybridized carbons (Fsp3) is 0.500. The standard InChI is InChI=1S/C12H15ClN2O3/c13-8-12(17)15-5-3-14(4-6-15)9-10(16)11-2-1-7-18-11/h1-2,7H,3-6,8-9H2. The second-order valence-corrected chi connectivity index (χ2v) is 4.46. The lowest BCUT2D eigenvalue weighted by molar-refractivity contribution is -0.130. The van der Waals surface area contributed by atoms with E-state index in [4.69, 9.17) is 16.0 Å². The van der Waals surface area contributed by atoms with Crippen molar-refractivity contribution in [3.63, 3.8) is 0 Å². The third kappa shape index (κ3) is 3.11. The lowest BCUT2D eigenvalue weighted by Crippen LogP contribution is -2.50. The molecule has 0 aromatic carbocycles. The van der Waals surface area contributed by atoms with Gasteiger partial charge in [-0.15, -0.1) is 11.6 Å². The topological polar surface area (TPSA) is 53.8 Å². The van der Waals surface area contributed by atoms with Crippen molar-refractivity contribution in [3.8, 4) is 0 Å². The Labute approximate surface area is 110 Å². The first-order valence-electron chi connectivity index (χ1n) is 5.83. The number of halogens is 1. The highest BCUT2D eigenvalue weighted by Gasteiger charge is 2.22. The molecule has 1 fully saturated rings. The molecule has 5 nitrogen and oxygen atoms in total. The van der Waals surface area contributed by atoms with Gasteiger partial charge < -0.3 is 9.32 Å². The number of hydrogen-bond donors (Lipinski definition) is 0. The summed E-state index contributed by atoms with van der Waals surface area (Å²) >= 11 is 5.50. The van der Waals surface area contributed by atoms with Gasteiger partial charge in [0.1, 0.15) is 5.88 Å². The zero-order chi connectivity index (χ0) is 13.0.